The van der Waals surface area contributed by atoms with E-state index in [0.717, 1.165) is 5.56 Å². The summed E-state index contributed by atoms with van der Waals surface area (Å²) in [5, 5.41) is 5.61. The van der Waals surface area contributed by atoms with Gasteiger partial charge in [-0.05, 0) is 38.0 Å². The molecule has 0 fully saturated rings. The Hall–Kier alpha value is -1.59. The number of anilines is 1. The van der Waals surface area contributed by atoms with Crippen molar-refractivity contribution in [2.24, 2.45) is 0 Å². The monoisotopic (exact) mass is 298 g/mol. The van der Waals surface area contributed by atoms with Gasteiger partial charge in [0.2, 0.25) is 0 Å². The Kier molecular flexibility index (Phi) is 7.04. The first-order valence-electron chi connectivity index (χ1n) is 6.48. The van der Waals surface area contributed by atoms with Gasteiger partial charge in [-0.3, -0.25) is 9.59 Å². The third-order valence-corrected chi connectivity index (χ3v) is 3.09. The lowest BCUT2D eigenvalue weighted by molar-refractivity contribution is -0.136. The van der Waals surface area contributed by atoms with Crippen LogP contribution in [0.25, 0.3) is 0 Å². The van der Waals surface area contributed by atoms with Gasteiger partial charge in [0, 0.05) is 30.5 Å². The molecule has 0 saturated carbocycles. The number of hydrogen-bond donors (Lipinski definition) is 2. The second-order valence-corrected chi connectivity index (χ2v) is 4.58. The third-order valence-electron chi connectivity index (χ3n) is 2.68. The van der Waals surface area contributed by atoms with Crippen molar-refractivity contribution in [2.75, 3.05) is 25.1 Å². The van der Waals surface area contributed by atoms with Crippen molar-refractivity contribution in [1.29, 1.82) is 0 Å². The highest BCUT2D eigenvalue weighted by Crippen LogP contribution is 2.22. The van der Waals surface area contributed by atoms with E-state index in [-0.39, 0.29) is 0 Å². The number of rotatable bonds is 6. The van der Waals surface area contributed by atoms with Crippen LogP contribution in [0.2, 0.25) is 5.02 Å². The molecule has 0 aromatic heterocycles. The fourth-order valence-electron chi connectivity index (χ4n) is 1.52. The minimum atomic E-state index is -0.702. The van der Waals surface area contributed by atoms with Gasteiger partial charge in [0.05, 0.1) is 0 Å². The number of amides is 2. The third kappa shape index (κ3) is 5.19. The molecule has 0 aliphatic carbocycles. The van der Waals surface area contributed by atoms with E-state index < -0.39 is 11.8 Å². The summed E-state index contributed by atoms with van der Waals surface area (Å²) >= 11 is 5.94. The quantitative estimate of drug-likeness (QED) is 0.624. The Bertz CT molecular complexity index is 477. The van der Waals surface area contributed by atoms with E-state index >= 15 is 0 Å². The zero-order chi connectivity index (χ0) is 15.0. The molecule has 0 aliphatic heterocycles. The zero-order valence-corrected chi connectivity index (χ0v) is 12.4. The molecule has 0 unspecified atom stereocenters. The van der Waals surface area contributed by atoms with E-state index in [9.17, 15) is 9.59 Å². The molecule has 0 spiro atoms. The van der Waals surface area contributed by atoms with Gasteiger partial charge in [-0.1, -0.05) is 17.7 Å². The van der Waals surface area contributed by atoms with Gasteiger partial charge in [0.1, 0.15) is 0 Å². The molecule has 110 valence electrons. The lowest BCUT2D eigenvalue weighted by Gasteiger charge is -2.09. The number of ether oxygens (including phenoxy) is 1. The molecular weight excluding hydrogens is 280 g/mol. The van der Waals surface area contributed by atoms with Gasteiger partial charge in [-0.2, -0.15) is 0 Å². The highest BCUT2D eigenvalue weighted by Gasteiger charge is 2.14. The average Bonchev–Trinajstić information content (AvgIpc) is 2.43. The minimum Gasteiger partial charge on any atom is -0.382 e. The Morgan fingerprint density at radius 2 is 2.05 bits per heavy atom. The molecule has 2 N–H and O–H groups in total. The summed E-state index contributed by atoms with van der Waals surface area (Å²) in [5.74, 6) is -1.37. The fraction of sp³-hybridized carbons (Fsp3) is 0.429. The molecular formula is C14H19ClN2O3. The van der Waals surface area contributed by atoms with Crippen molar-refractivity contribution in [3.05, 3.63) is 28.8 Å². The number of nitrogens with one attached hydrogen (secondary N) is 2. The van der Waals surface area contributed by atoms with Crippen molar-refractivity contribution in [3.63, 3.8) is 0 Å². The maximum Gasteiger partial charge on any atom is 0.313 e. The maximum absolute atomic E-state index is 11.7. The SMILES string of the molecule is CCOCCCNC(=O)C(=O)Nc1cccc(Cl)c1C. The summed E-state index contributed by atoms with van der Waals surface area (Å²) in [6, 6.07) is 5.13. The molecule has 1 rings (SSSR count). The number of hydrogen-bond acceptors (Lipinski definition) is 3. The summed E-state index contributed by atoms with van der Waals surface area (Å²) in [5.41, 5.74) is 1.26. The van der Waals surface area contributed by atoms with Crippen LogP contribution in [-0.2, 0) is 14.3 Å². The molecule has 0 radical (unpaired) electrons. The Morgan fingerprint density at radius 1 is 1.30 bits per heavy atom. The maximum atomic E-state index is 11.7. The highest BCUT2D eigenvalue weighted by molar-refractivity contribution is 6.40. The van der Waals surface area contributed by atoms with Crippen LogP contribution in [0.4, 0.5) is 5.69 Å². The first kappa shape index (κ1) is 16.5. The molecule has 0 heterocycles. The molecule has 0 atom stereocenters. The number of benzene rings is 1. The van der Waals surface area contributed by atoms with Crippen LogP contribution in [0.1, 0.15) is 18.9 Å². The first-order chi connectivity index (χ1) is 9.56. The molecule has 1 aromatic rings. The van der Waals surface area contributed by atoms with Gasteiger partial charge in [-0.15, -0.1) is 0 Å². The smallest absolute Gasteiger partial charge is 0.313 e. The normalized spacial score (nSPS) is 10.2. The van der Waals surface area contributed by atoms with Crippen molar-refractivity contribution < 1.29 is 14.3 Å². The second-order valence-electron chi connectivity index (χ2n) is 4.17. The number of halogens is 1. The van der Waals surface area contributed by atoms with Crippen molar-refractivity contribution in [1.82, 2.24) is 5.32 Å². The van der Waals surface area contributed by atoms with Gasteiger partial charge >= 0.3 is 11.8 Å². The van der Waals surface area contributed by atoms with E-state index in [2.05, 4.69) is 10.6 Å². The van der Waals surface area contributed by atoms with Crippen molar-refractivity contribution in [3.8, 4) is 0 Å². The zero-order valence-electron chi connectivity index (χ0n) is 11.7. The Labute approximate surface area is 123 Å². The van der Waals surface area contributed by atoms with Crippen LogP contribution >= 0.6 is 11.6 Å². The molecule has 1 aromatic carbocycles. The lowest BCUT2D eigenvalue weighted by Crippen LogP contribution is -2.36. The van der Waals surface area contributed by atoms with Gasteiger partial charge in [-0.25, -0.2) is 0 Å². The predicted molar refractivity (Wildman–Crippen MR) is 78.9 cm³/mol. The van der Waals surface area contributed by atoms with Crippen molar-refractivity contribution >= 4 is 29.1 Å². The van der Waals surface area contributed by atoms with E-state index in [1.54, 1.807) is 25.1 Å². The summed E-state index contributed by atoms with van der Waals surface area (Å²) in [4.78, 5) is 23.3. The second kappa shape index (κ2) is 8.55. The van der Waals surface area contributed by atoms with E-state index in [1.165, 1.54) is 0 Å². The molecule has 20 heavy (non-hydrogen) atoms. The van der Waals surface area contributed by atoms with Crippen LogP contribution < -0.4 is 10.6 Å². The summed E-state index contributed by atoms with van der Waals surface area (Å²) in [6.45, 7) is 5.28. The van der Waals surface area contributed by atoms with Crippen molar-refractivity contribution in [2.45, 2.75) is 20.3 Å². The topological polar surface area (TPSA) is 67.4 Å². The summed E-state index contributed by atoms with van der Waals surface area (Å²) in [6.07, 6.45) is 0.670. The molecule has 5 nitrogen and oxygen atoms in total. The molecule has 0 saturated heterocycles. The van der Waals surface area contributed by atoms with Crippen LogP contribution in [-0.4, -0.2) is 31.6 Å². The number of carbonyl (C=O) groups excluding carboxylic acids is 2. The van der Waals surface area contributed by atoms with Gasteiger partial charge in [0.15, 0.2) is 0 Å². The number of carbonyl (C=O) groups is 2. The molecule has 0 bridgehead atoms. The first-order valence-corrected chi connectivity index (χ1v) is 6.86. The van der Waals surface area contributed by atoms with Crippen LogP contribution in [0.3, 0.4) is 0 Å². The van der Waals surface area contributed by atoms with Gasteiger partial charge in [0.25, 0.3) is 0 Å². The Balaban J connectivity index is 2.42. The standard InChI is InChI=1S/C14H19ClN2O3/c1-3-20-9-5-8-16-13(18)14(19)17-12-7-4-6-11(15)10(12)2/h4,6-7H,3,5,8-9H2,1-2H3,(H,16,18)(H,17,19). The van der Waals surface area contributed by atoms with Gasteiger partial charge < -0.3 is 15.4 Å². The Morgan fingerprint density at radius 3 is 2.75 bits per heavy atom. The molecule has 6 heteroatoms. The van der Waals surface area contributed by atoms with Crippen LogP contribution in [0.15, 0.2) is 18.2 Å². The lowest BCUT2D eigenvalue weighted by atomic mass is 10.2. The highest BCUT2D eigenvalue weighted by atomic mass is 35.5. The minimum absolute atomic E-state index is 0.404. The van der Waals surface area contributed by atoms with Crippen LogP contribution in [0, 0.1) is 6.92 Å². The average molecular weight is 299 g/mol. The van der Waals surface area contributed by atoms with Crippen LogP contribution in [0.5, 0.6) is 0 Å². The fourth-order valence-corrected chi connectivity index (χ4v) is 1.70. The summed E-state index contributed by atoms with van der Waals surface area (Å²) < 4.78 is 5.13. The molecule has 2 amide bonds. The predicted octanol–water partition coefficient (Wildman–Crippen LogP) is 2.13. The van der Waals surface area contributed by atoms with E-state index in [4.69, 9.17) is 16.3 Å². The largest absolute Gasteiger partial charge is 0.382 e. The molecule has 0 aliphatic rings. The van der Waals surface area contributed by atoms with E-state index in [1.807, 2.05) is 6.92 Å². The summed E-state index contributed by atoms with van der Waals surface area (Å²) in [7, 11) is 0. The van der Waals surface area contributed by atoms with E-state index in [0.29, 0.717) is 36.9 Å².